The Bertz CT molecular complexity index is 443. The monoisotopic (exact) mass is 282 g/mol. The third kappa shape index (κ3) is 3.61. The molecule has 2 rings (SSSR count). The molecule has 4 nitrogen and oxygen atoms in total. The van der Waals surface area contributed by atoms with E-state index < -0.39 is 0 Å². The third-order valence-corrected chi connectivity index (χ3v) is 3.80. The van der Waals surface area contributed by atoms with Crippen LogP contribution in [0.25, 0.3) is 0 Å². The maximum absolute atomic E-state index is 11.6. The quantitative estimate of drug-likeness (QED) is 0.774. The molecule has 104 valence electrons. The Balaban J connectivity index is 1.88. The van der Waals surface area contributed by atoms with Gasteiger partial charge in [-0.2, -0.15) is 0 Å². The predicted molar refractivity (Wildman–Crippen MR) is 75.4 cm³/mol. The van der Waals surface area contributed by atoms with Crippen LogP contribution in [-0.4, -0.2) is 30.3 Å². The highest BCUT2D eigenvalue weighted by atomic mass is 35.5. The molecular formula is C14H19ClN2O2. The summed E-state index contributed by atoms with van der Waals surface area (Å²) in [6.07, 6.45) is 2.15. The van der Waals surface area contributed by atoms with Crippen LogP contribution in [0.4, 0.5) is 4.79 Å². The second-order valence-electron chi connectivity index (χ2n) is 5.20. The van der Waals surface area contributed by atoms with E-state index in [1.54, 1.807) is 6.92 Å². The molecule has 0 heterocycles. The van der Waals surface area contributed by atoms with Crippen LogP contribution in [-0.2, 0) is 5.41 Å². The Morgan fingerprint density at radius 2 is 2.05 bits per heavy atom. The number of aliphatic hydroxyl groups is 1. The van der Waals surface area contributed by atoms with Crippen LogP contribution in [0.15, 0.2) is 24.3 Å². The first-order valence-corrected chi connectivity index (χ1v) is 6.85. The van der Waals surface area contributed by atoms with Crippen molar-refractivity contribution in [3.63, 3.8) is 0 Å². The highest BCUT2D eigenvalue weighted by molar-refractivity contribution is 6.30. The molecule has 0 radical (unpaired) electrons. The van der Waals surface area contributed by atoms with Crippen molar-refractivity contribution in [3.05, 3.63) is 34.9 Å². The molecule has 19 heavy (non-hydrogen) atoms. The van der Waals surface area contributed by atoms with Gasteiger partial charge in [-0.15, -0.1) is 0 Å². The molecule has 1 aromatic rings. The number of carbonyl (C=O) groups excluding carboxylic acids is 1. The van der Waals surface area contributed by atoms with Gasteiger partial charge in [0.2, 0.25) is 0 Å². The summed E-state index contributed by atoms with van der Waals surface area (Å²) in [6, 6.07) is 7.33. The average Bonchev–Trinajstić information content (AvgIpc) is 3.18. The Morgan fingerprint density at radius 1 is 1.42 bits per heavy atom. The fourth-order valence-corrected chi connectivity index (χ4v) is 2.22. The molecule has 0 bridgehead atoms. The number of carbonyl (C=O) groups is 1. The first-order chi connectivity index (χ1) is 9.05. The van der Waals surface area contributed by atoms with Crippen LogP contribution in [0.1, 0.15) is 25.3 Å². The Morgan fingerprint density at radius 3 is 2.58 bits per heavy atom. The van der Waals surface area contributed by atoms with E-state index in [2.05, 4.69) is 10.6 Å². The number of benzene rings is 1. The van der Waals surface area contributed by atoms with Crippen molar-refractivity contribution >= 4 is 17.6 Å². The van der Waals surface area contributed by atoms with Crippen molar-refractivity contribution < 1.29 is 9.90 Å². The zero-order valence-electron chi connectivity index (χ0n) is 10.9. The first-order valence-electron chi connectivity index (χ1n) is 6.47. The normalized spacial score (nSPS) is 17.6. The topological polar surface area (TPSA) is 61.4 Å². The number of halogens is 1. The van der Waals surface area contributed by atoms with Gasteiger partial charge in [0.15, 0.2) is 0 Å². The molecule has 1 fully saturated rings. The lowest BCUT2D eigenvalue weighted by Gasteiger charge is -2.18. The summed E-state index contributed by atoms with van der Waals surface area (Å²) in [5, 5.41) is 15.1. The summed E-state index contributed by atoms with van der Waals surface area (Å²) in [6.45, 7) is 2.31. The van der Waals surface area contributed by atoms with Gasteiger partial charge in [0.25, 0.3) is 0 Å². The van der Waals surface area contributed by atoms with Gasteiger partial charge in [-0.1, -0.05) is 23.7 Å². The summed E-state index contributed by atoms with van der Waals surface area (Å²) in [4.78, 5) is 11.6. The minimum absolute atomic E-state index is 0.0598. The van der Waals surface area contributed by atoms with Crippen molar-refractivity contribution in [1.29, 1.82) is 0 Å². The van der Waals surface area contributed by atoms with Crippen molar-refractivity contribution in [2.24, 2.45) is 0 Å². The number of urea groups is 1. The molecule has 1 atom stereocenters. The van der Waals surface area contributed by atoms with Crippen LogP contribution in [0.3, 0.4) is 0 Å². The van der Waals surface area contributed by atoms with Gasteiger partial charge in [-0.05, 0) is 37.5 Å². The Hall–Kier alpha value is -1.26. The molecule has 0 aromatic heterocycles. The largest absolute Gasteiger partial charge is 0.394 e. The molecule has 1 saturated carbocycles. The summed E-state index contributed by atoms with van der Waals surface area (Å²) >= 11 is 5.88. The molecule has 1 aliphatic carbocycles. The number of hydrogen-bond donors (Lipinski definition) is 3. The minimum Gasteiger partial charge on any atom is -0.394 e. The van der Waals surface area contributed by atoms with Crippen molar-refractivity contribution in [1.82, 2.24) is 10.6 Å². The van der Waals surface area contributed by atoms with Gasteiger partial charge >= 0.3 is 6.03 Å². The zero-order chi connectivity index (χ0) is 13.9. The fourth-order valence-electron chi connectivity index (χ4n) is 2.09. The highest BCUT2D eigenvalue weighted by Crippen LogP contribution is 2.47. The molecular weight excluding hydrogens is 264 g/mol. The molecule has 0 saturated heterocycles. The third-order valence-electron chi connectivity index (χ3n) is 3.55. The van der Waals surface area contributed by atoms with Crippen molar-refractivity contribution in [2.45, 2.75) is 31.2 Å². The molecule has 1 aromatic carbocycles. The lowest BCUT2D eigenvalue weighted by atomic mass is 9.96. The number of rotatable bonds is 5. The molecule has 1 aliphatic rings. The second kappa shape index (κ2) is 5.80. The standard InChI is InChI=1S/C14H19ClN2O2/c1-10(8-18)17-13(19)16-9-14(6-7-14)11-2-4-12(15)5-3-11/h2-5,10,18H,6-9H2,1H3,(H2,16,17,19). The lowest BCUT2D eigenvalue weighted by Crippen LogP contribution is -2.44. The smallest absolute Gasteiger partial charge is 0.315 e. The van der Waals surface area contributed by atoms with Gasteiger partial charge in [0.05, 0.1) is 12.6 Å². The van der Waals surface area contributed by atoms with Crippen molar-refractivity contribution in [3.8, 4) is 0 Å². The van der Waals surface area contributed by atoms with Crippen LogP contribution in [0.2, 0.25) is 5.02 Å². The zero-order valence-corrected chi connectivity index (χ0v) is 11.7. The highest BCUT2D eigenvalue weighted by Gasteiger charge is 2.44. The van der Waals surface area contributed by atoms with E-state index in [0.717, 1.165) is 17.9 Å². The van der Waals surface area contributed by atoms with Crippen LogP contribution in [0.5, 0.6) is 0 Å². The molecule has 0 aliphatic heterocycles. The van der Waals surface area contributed by atoms with Gasteiger partial charge in [-0.25, -0.2) is 4.79 Å². The Kier molecular flexibility index (Phi) is 4.32. The number of nitrogens with one attached hydrogen (secondary N) is 2. The Labute approximate surface area is 118 Å². The van der Waals surface area contributed by atoms with Crippen LogP contribution >= 0.6 is 11.6 Å². The average molecular weight is 283 g/mol. The maximum Gasteiger partial charge on any atom is 0.315 e. The van der Waals surface area contributed by atoms with Gasteiger partial charge in [0, 0.05) is 17.0 Å². The number of amides is 2. The number of aliphatic hydroxyl groups excluding tert-OH is 1. The van der Waals surface area contributed by atoms with E-state index in [0.29, 0.717) is 6.54 Å². The van der Waals surface area contributed by atoms with E-state index >= 15 is 0 Å². The van der Waals surface area contributed by atoms with Crippen molar-refractivity contribution in [2.75, 3.05) is 13.2 Å². The lowest BCUT2D eigenvalue weighted by molar-refractivity contribution is 0.220. The predicted octanol–water partition coefficient (Wildman–Crippen LogP) is 2.05. The summed E-state index contributed by atoms with van der Waals surface area (Å²) in [5.41, 5.74) is 1.28. The SMILES string of the molecule is CC(CO)NC(=O)NCC1(c2ccc(Cl)cc2)CC1. The van der Waals surface area contributed by atoms with E-state index in [1.807, 2.05) is 24.3 Å². The summed E-state index contributed by atoms with van der Waals surface area (Å²) < 4.78 is 0. The second-order valence-corrected chi connectivity index (χ2v) is 5.63. The molecule has 5 heteroatoms. The minimum atomic E-state index is -0.234. The van der Waals surface area contributed by atoms with E-state index in [9.17, 15) is 4.79 Å². The van der Waals surface area contributed by atoms with Gasteiger partial charge in [0.1, 0.15) is 0 Å². The van der Waals surface area contributed by atoms with Gasteiger partial charge in [-0.3, -0.25) is 0 Å². The summed E-state index contributed by atoms with van der Waals surface area (Å²) in [7, 11) is 0. The maximum atomic E-state index is 11.6. The first kappa shape index (κ1) is 14.2. The van der Waals surface area contributed by atoms with E-state index in [1.165, 1.54) is 5.56 Å². The van der Waals surface area contributed by atoms with E-state index in [-0.39, 0.29) is 24.1 Å². The summed E-state index contributed by atoms with van der Waals surface area (Å²) in [5.74, 6) is 0. The molecule has 2 amide bonds. The molecule has 1 unspecified atom stereocenters. The van der Waals surface area contributed by atoms with Crippen LogP contribution < -0.4 is 10.6 Å². The van der Waals surface area contributed by atoms with Gasteiger partial charge < -0.3 is 15.7 Å². The van der Waals surface area contributed by atoms with Crippen LogP contribution in [0, 0.1) is 0 Å². The molecule has 3 N–H and O–H groups in total. The molecule has 0 spiro atoms. The number of hydrogen-bond acceptors (Lipinski definition) is 2. The fraction of sp³-hybridized carbons (Fsp3) is 0.500. The van der Waals surface area contributed by atoms with E-state index in [4.69, 9.17) is 16.7 Å².